The van der Waals surface area contributed by atoms with E-state index in [2.05, 4.69) is 25.7 Å². The Morgan fingerprint density at radius 3 is 2.96 bits per heavy atom. The number of carbonyl (C=O) groups is 1. The van der Waals surface area contributed by atoms with Crippen molar-refractivity contribution in [2.75, 3.05) is 13.1 Å². The average Bonchev–Trinajstić information content (AvgIpc) is 3.15. The number of aromatic nitrogens is 4. The zero-order valence-corrected chi connectivity index (χ0v) is 15.3. The Labute approximate surface area is 153 Å². The van der Waals surface area contributed by atoms with Crippen LogP contribution in [0.5, 0.6) is 0 Å². The molecule has 2 aromatic rings. The van der Waals surface area contributed by atoms with E-state index in [1.54, 1.807) is 12.5 Å². The number of carbonyl (C=O) groups excluding carboxylic acids is 1. The van der Waals surface area contributed by atoms with Gasteiger partial charge < -0.3 is 15.6 Å². The van der Waals surface area contributed by atoms with Crippen LogP contribution in [0.2, 0.25) is 0 Å². The molecule has 0 aliphatic carbocycles. The van der Waals surface area contributed by atoms with Crippen LogP contribution >= 0.6 is 24.8 Å². The normalized spacial score (nSPS) is 16.8. The first-order chi connectivity index (χ1) is 10.7. The fourth-order valence-electron chi connectivity index (χ4n) is 2.87. The molecule has 1 atom stereocenters. The minimum absolute atomic E-state index is 0. The number of halogens is 2. The van der Waals surface area contributed by atoms with E-state index in [0.29, 0.717) is 12.5 Å². The Morgan fingerprint density at radius 1 is 1.46 bits per heavy atom. The fraction of sp³-hybridized carbons (Fsp3) is 0.533. The van der Waals surface area contributed by atoms with Crippen molar-refractivity contribution < 1.29 is 4.79 Å². The number of H-pyrrole nitrogens is 1. The van der Waals surface area contributed by atoms with Crippen LogP contribution in [0.1, 0.15) is 35.8 Å². The van der Waals surface area contributed by atoms with Gasteiger partial charge in [-0.25, -0.2) is 4.98 Å². The van der Waals surface area contributed by atoms with Crippen LogP contribution < -0.4 is 10.6 Å². The molecule has 0 radical (unpaired) electrons. The molecule has 2 aromatic heterocycles. The minimum Gasteiger partial charge on any atom is -0.349 e. The lowest BCUT2D eigenvalue weighted by Crippen LogP contribution is -2.32. The van der Waals surface area contributed by atoms with Gasteiger partial charge in [0.1, 0.15) is 6.54 Å². The number of amides is 1. The third-order valence-electron chi connectivity index (χ3n) is 4.15. The van der Waals surface area contributed by atoms with Crippen LogP contribution in [0.3, 0.4) is 0 Å². The molecule has 1 amide bonds. The van der Waals surface area contributed by atoms with Gasteiger partial charge >= 0.3 is 0 Å². The summed E-state index contributed by atoms with van der Waals surface area (Å²) in [6.45, 7) is 4.67. The van der Waals surface area contributed by atoms with Crippen molar-refractivity contribution in [1.29, 1.82) is 0 Å². The monoisotopic (exact) mass is 374 g/mol. The van der Waals surface area contributed by atoms with E-state index in [9.17, 15) is 4.79 Å². The van der Waals surface area contributed by atoms with Gasteiger partial charge in [-0.15, -0.1) is 24.8 Å². The van der Waals surface area contributed by atoms with Gasteiger partial charge in [0.25, 0.3) is 0 Å². The van der Waals surface area contributed by atoms with E-state index in [-0.39, 0.29) is 37.3 Å². The highest BCUT2D eigenvalue weighted by molar-refractivity contribution is 5.85. The zero-order chi connectivity index (χ0) is 15.4. The molecule has 0 bridgehead atoms. The van der Waals surface area contributed by atoms with Crippen molar-refractivity contribution in [3.05, 3.63) is 35.7 Å². The van der Waals surface area contributed by atoms with Crippen molar-refractivity contribution in [3.8, 4) is 0 Å². The smallest absolute Gasteiger partial charge is 0.242 e. The quantitative estimate of drug-likeness (QED) is 0.740. The molecule has 1 unspecified atom stereocenters. The maximum atomic E-state index is 12.1. The second kappa shape index (κ2) is 9.66. The van der Waals surface area contributed by atoms with Crippen molar-refractivity contribution in [3.63, 3.8) is 0 Å². The molecular formula is C15H24Cl2N6O. The standard InChI is InChI=1S/C15H22N6O.2ClH/c1-11-13(19-10-18-11)8-17-15(22)9-21-14(4-6-20-21)12-3-2-5-16-7-12;;/h4,6,10,12,16H,2-3,5,7-9H2,1H3,(H,17,22)(H,18,19);2*1H. The lowest BCUT2D eigenvalue weighted by atomic mass is 9.96. The summed E-state index contributed by atoms with van der Waals surface area (Å²) in [5.74, 6) is 0.397. The number of piperidine rings is 1. The largest absolute Gasteiger partial charge is 0.349 e. The lowest BCUT2D eigenvalue weighted by Gasteiger charge is -2.23. The second-order valence-corrected chi connectivity index (χ2v) is 5.71. The number of rotatable bonds is 5. The van der Waals surface area contributed by atoms with Gasteiger partial charge in [-0.05, 0) is 32.4 Å². The number of hydrogen-bond donors (Lipinski definition) is 3. The summed E-state index contributed by atoms with van der Waals surface area (Å²) in [5, 5.41) is 10.6. The predicted molar refractivity (Wildman–Crippen MR) is 96.7 cm³/mol. The van der Waals surface area contributed by atoms with Crippen LogP contribution in [-0.2, 0) is 17.9 Å². The van der Waals surface area contributed by atoms with Gasteiger partial charge in [0, 0.05) is 30.0 Å². The number of aromatic amines is 1. The van der Waals surface area contributed by atoms with Gasteiger partial charge in [-0.1, -0.05) is 0 Å². The first-order valence-corrected chi connectivity index (χ1v) is 7.72. The van der Waals surface area contributed by atoms with Crippen LogP contribution in [0, 0.1) is 6.92 Å². The Morgan fingerprint density at radius 2 is 2.29 bits per heavy atom. The van der Waals surface area contributed by atoms with E-state index in [4.69, 9.17) is 0 Å². The second-order valence-electron chi connectivity index (χ2n) is 5.71. The summed E-state index contributed by atoms with van der Waals surface area (Å²) in [6, 6.07) is 2.02. The molecule has 1 aliphatic rings. The molecular weight excluding hydrogens is 351 g/mol. The molecule has 7 nitrogen and oxygen atoms in total. The molecule has 1 saturated heterocycles. The highest BCUT2D eigenvalue weighted by Crippen LogP contribution is 2.22. The molecule has 24 heavy (non-hydrogen) atoms. The zero-order valence-electron chi connectivity index (χ0n) is 13.6. The summed E-state index contributed by atoms with van der Waals surface area (Å²) >= 11 is 0. The number of imidazole rings is 1. The van der Waals surface area contributed by atoms with E-state index < -0.39 is 0 Å². The highest BCUT2D eigenvalue weighted by atomic mass is 35.5. The van der Waals surface area contributed by atoms with E-state index in [1.165, 1.54) is 6.42 Å². The molecule has 0 saturated carbocycles. The molecule has 1 aliphatic heterocycles. The van der Waals surface area contributed by atoms with E-state index >= 15 is 0 Å². The van der Waals surface area contributed by atoms with Crippen LogP contribution in [0.4, 0.5) is 0 Å². The highest BCUT2D eigenvalue weighted by Gasteiger charge is 2.19. The van der Waals surface area contributed by atoms with Gasteiger partial charge in [0.2, 0.25) is 5.91 Å². The Kier molecular flexibility index (Phi) is 8.24. The Bertz CT molecular complexity index is 635. The van der Waals surface area contributed by atoms with E-state index in [0.717, 1.165) is 36.6 Å². The van der Waals surface area contributed by atoms with Gasteiger partial charge in [-0.3, -0.25) is 9.48 Å². The summed E-state index contributed by atoms with van der Waals surface area (Å²) in [7, 11) is 0. The molecule has 3 rings (SSSR count). The van der Waals surface area contributed by atoms with Crippen molar-refractivity contribution >= 4 is 30.7 Å². The lowest BCUT2D eigenvalue weighted by molar-refractivity contribution is -0.122. The summed E-state index contributed by atoms with van der Waals surface area (Å²) in [4.78, 5) is 19.3. The number of nitrogens with one attached hydrogen (secondary N) is 3. The first kappa shape index (κ1) is 20.5. The average molecular weight is 375 g/mol. The van der Waals surface area contributed by atoms with Gasteiger partial charge in [0.05, 0.1) is 18.6 Å². The Balaban J connectivity index is 0.00000144. The van der Waals surface area contributed by atoms with Crippen molar-refractivity contribution in [2.45, 2.75) is 38.8 Å². The van der Waals surface area contributed by atoms with Crippen LogP contribution in [-0.4, -0.2) is 38.7 Å². The minimum atomic E-state index is -0.0453. The molecule has 0 spiro atoms. The third kappa shape index (κ3) is 4.96. The summed E-state index contributed by atoms with van der Waals surface area (Å²) in [6.07, 6.45) is 5.72. The summed E-state index contributed by atoms with van der Waals surface area (Å²) < 4.78 is 1.81. The number of hydrogen-bond acceptors (Lipinski definition) is 4. The predicted octanol–water partition coefficient (Wildman–Crippen LogP) is 1.54. The summed E-state index contributed by atoms with van der Waals surface area (Å²) in [5.41, 5.74) is 2.98. The first-order valence-electron chi connectivity index (χ1n) is 7.72. The van der Waals surface area contributed by atoms with Crippen LogP contribution in [0.15, 0.2) is 18.6 Å². The molecule has 0 aromatic carbocycles. The molecule has 9 heteroatoms. The third-order valence-corrected chi connectivity index (χ3v) is 4.15. The molecule has 134 valence electrons. The van der Waals surface area contributed by atoms with E-state index in [1.807, 2.05) is 17.7 Å². The van der Waals surface area contributed by atoms with Gasteiger partial charge in [-0.2, -0.15) is 5.10 Å². The maximum Gasteiger partial charge on any atom is 0.242 e. The Hall–Kier alpha value is -1.57. The van der Waals surface area contributed by atoms with Crippen molar-refractivity contribution in [2.24, 2.45) is 0 Å². The van der Waals surface area contributed by atoms with Gasteiger partial charge in [0.15, 0.2) is 0 Å². The number of nitrogens with zero attached hydrogens (tertiary/aromatic N) is 3. The molecule has 1 fully saturated rings. The van der Waals surface area contributed by atoms with Crippen molar-refractivity contribution in [1.82, 2.24) is 30.4 Å². The SMILES string of the molecule is Cc1[nH]cnc1CNC(=O)Cn1nccc1C1CCCNC1.Cl.Cl. The topological polar surface area (TPSA) is 87.6 Å². The fourth-order valence-corrected chi connectivity index (χ4v) is 2.87. The number of aryl methyl sites for hydroxylation is 1. The van der Waals surface area contributed by atoms with Crippen LogP contribution in [0.25, 0.3) is 0 Å². The molecule has 3 heterocycles. The maximum absolute atomic E-state index is 12.1. The molecule has 3 N–H and O–H groups in total.